The molecule has 2 atom stereocenters. The maximum Gasteiger partial charge on any atom is 0.0930 e. The van der Waals surface area contributed by atoms with Crippen LogP contribution in [0.3, 0.4) is 0 Å². The van der Waals surface area contributed by atoms with Crippen molar-refractivity contribution in [2.24, 2.45) is 0 Å². The van der Waals surface area contributed by atoms with E-state index >= 15 is 0 Å². The maximum absolute atomic E-state index is 6.06. The zero-order chi connectivity index (χ0) is 13.1. The summed E-state index contributed by atoms with van der Waals surface area (Å²) < 4.78 is 6.06. The predicted octanol–water partition coefficient (Wildman–Crippen LogP) is 4.17. The summed E-state index contributed by atoms with van der Waals surface area (Å²) >= 11 is 1.80. The van der Waals surface area contributed by atoms with Crippen LogP contribution in [0.1, 0.15) is 19.3 Å². The molecule has 0 saturated heterocycles. The molecule has 1 nitrogen and oxygen atoms in total. The molecule has 0 spiro atoms. The second kappa shape index (κ2) is 5.69. The Hall–Kier alpha value is -1.43. The SMILES string of the molecule is C=C1CC#CC[C@@H]2C=C(Sc3ccccc3)[C@H](C1)O2. The van der Waals surface area contributed by atoms with E-state index in [2.05, 4.69) is 48.8 Å². The number of rotatable bonds is 2. The van der Waals surface area contributed by atoms with Crippen LogP contribution in [-0.2, 0) is 4.74 Å². The molecule has 0 N–H and O–H groups in total. The second-order valence-corrected chi connectivity index (χ2v) is 5.98. The molecule has 0 unspecified atom stereocenters. The molecule has 1 aromatic rings. The molecule has 2 heteroatoms. The number of fused-ring (bicyclic) bond motifs is 2. The van der Waals surface area contributed by atoms with Crippen LogP contribution in [0.25, 0.3) is 0 Å². The van der Waals surface area contributed by atoms with Crippen molar-refractivity contribution in [3.63, 3.8) is 0 Å². The first-order valence-electron chi connectivity index (χ1n) is 6.54. The van der Waals surface area contributed by atoms with Crippen LogP contribution in [0, 0.1) is 11.8 Å². The number of hydrogen-bond donors (Lipinski definition) is 0. The van der Waals surface area contributed by atoms with Gasteiger partial charge in [0.2, 0.25) is 0 Å². The van der Waals surface area contributed by atoms with Gasteiger partial charge >= 0.3 is 0 Å². The molecule has 0 amide bonds. The molecule has 2 aliphatic heterocycles. The fourth-order valence-electron chi connectivity index (χ4n) is 2.28. The molecule has 2 bridgehead atoms. The Morgan fingerprint density at radius 3 is 2.89 bits per heavy atom. The summed E-state index contributed by atoms with van der Waals surface area (Å²) in [7, 11) is 0. The zero-order valence-corrected chi connectivity index (χ0v) is 11.6. The largest absolute Gasteiger partial charge is 0.364 e. The standard InChI is InChI=1S/C17H16OS/c1-13-7-5-6-8-14-12-17(16(11-13)18-14)19-15-9-3-2-4-10-15/h2-4,9-10,12,14,16H,1,7-8,11H2/t14-,16+/m1/s1. The summed E-state index contributed by atoms with van der Waals surface area (Å²) in [4.78, 5) is 2.57. The second-order valence-electron chi connectivity index (χ2n) is 4.84. The quantitative estimate of drug-likeness (QED) is 0.588. The minimum absolute atomic E-state index is 0.148. The monoisotopic (exact) mass is 268 g/mol. The summed E-state index contributed by atoms with van der Waals surface area (Å²) in [5.74, 6) is 6.34. The molecule has 3 rings (SSSR count). The van der Waals surface area contributed by atoms with Crippen LogP contribution < -0.4 is 0 Å². The van der Waals surface area contributed by atoms with Crippen molar-refractivity contribution in [2.75, 3.05) is 0 Å². The highest BCUT2D eigenvalue weighted by molar-refractivity contribution is 8.03. The molecular weight excluding hydrogens is 252 g/mol. The third-order valence-electron chi connectivity index (χ3n) is 3.23. The van der Waals surface area contributed by atoms with Crippen LogP contribution in [0.4, 0.5) is 0 Å². The molecule has 1 aromatic carbocycles. The minimum Gasteiger partial charge on any atom is -0.364 e. The Kier molecular flexibility index (Phi) is 3.77. The molecule has 96 valence electrons. The van der Waals surface area contributed by atoms with Gasteiger partial charge in [-0.2, -0.15) is 0 Å². The zero-order valence-electron chi connectivity index (χ0n) is 10.8. The first-order chi connectivity index (χ1) is 9.31. The molecule has 0 fully saturated rings. The van der Waals surface area contributed by atoms with Crippen LogP contribution in [0.2, 0.25) is 0 Å². The Bertz CT molecular complexity index is 562. The Balaban J connectivity index is 1.80. The number of hydrogen-bond acceptors (Lipinski definition) is 2. The summed E-state index contributed by atoms with van der Waals surface area (Å²) in [6, 6.07) is 10.4. The average Bonchev–Trinajstić information content (AvgIpc) is 2.81. The van der Waals surface area contributed by atoms with Crippen LogP contribution in [0.5, 0.6) is 0 Å². The van der Waals surface area contributed by atoms with Crippen LogP contribution in [-0.4, -0.2) is 12.2 Å². The van der Waals surface area contributed by atoms with Crippen molar-refractivity contribution in [1.29, 1.82) is 0 Å². The Labute approximate surface area is 118 Å². The number of ether oxygens (including phenoxy) is 1. The molecule has 0 aromatic heterocycles. The van der Waals surface area contributed by atoms with E-state index in [1.165, 1.54) is 15.4 Å². The topological polar surface area (TPSA) is 9.23 Å². The van der Waals surface area contributed by atoms with E-state index in [0.29, 0.717) is 0 Å². The number of thioether (sulfide) groups is 1. The van der Waals surface area contributed by atoms with E-state index in [1.54, 1.807) is 11.8 Å². The Morgan fingerprint density at radius 2 is 2.05 bits per heavy atom. The van der Waals surface area contributed by atoms with Gasteiger partial charge in [-0.15, -0.1) is 0 Å². The predicted molar refractivity (Wildman–Crippen MR) is 79.8 cm³/mol. The van der Waals surface area contributed by atoms with Gasteiger partial charge in [0.15, 0.2) is 0 Å². The summed E-state index contributed by atoms with van der Waals surface area (Å²) in [5, 5.41) is 0. The first kappa shape index (κ1) is 12.6. The molecule has 0 aliphatic carbocycles. The lowest BCUT2D eigenvalue weighted by Gasteiger charge is -2.16. The molecule has 0 saturated carbocycles. The molecule has 2 aliphatic rings. The lowest BCUT2D eigenvalue weighted by Crippen LogP contribution is -2.13. The molecule has 0 radical (unpaired) electrons. The highest BCUT2D eigenvalue weighted by Gasteiger charge is 2.28. The third kappa shape index (κ3) is 3.12. The molecular formula is C17H16OS. The minimum atomic E-state index is 0.148. The van der Waals surface area contributed by atoms with Crippen LogP contribution >= 0.6 is 11.8 Å². The van der Waals surface area contributed by atoms with E-state index < -0.39 is 0 Å². The molecule has 19 heavy (non-hydrogen) atoms. The van der Waals surface area contributed by atoms with Crippen molar-refractivity contribution >= 4 is 11.8 Å². The summed E-state index contributed by atoms with van der Waals surface area (Å²) in [5.41, 5.74) is 1.17. The van der Waals surface area contributed by atoms with Crippen molar-refractivity contribution in [1.82, 2.24) is 0 Å². The van der Waals surface area contributed by atoms with Gasteiger partial charge in [0.05, 0.1) is 12.2 Å². The van der Waals surface area contributed by atoms with Gasteiger partial charge in [0.25, 0.3) is 0 Å². The van der Waals surface area contributed by atoms with E-state index in [1.807, 2.05) is 6.07 Å². The highest BCUT2D eigenvalue weighted by Crippen LogP contribution is 2.38. The van der Waals surface area contributed by atoms with E-state index in [-0.39, 0.29) is 12.2 Å². The summed E-state index contributed by atoms with van der Waals surface area (Å²) in [6.45, 7) is 4.10. The van der Waals surface area contributed by atoms with Crippen LogP contribution in [0.15, 0.2) is 58.4 Å². The fraction of sp³-hybridized carbons (Fsp3) is 0.294. The van der Waals surface area contributed by atoms with Gasteiger partial charge in [-0.05, 0) is 24.6 Å². The van der Waals surface area contributed by atoms with Gasteiger partial charge < -0.3 is 4.74 Å². The average molecular weight is 268 g/mol. The van der Waals surface area contributed by atoms with Gasteiger partial charge in [-0.3, -0.25) is 0 Å². The van der Waals surface area contributed by atoms with E-state index in [9.17, 15) is 0 Å². The first-order valence-corrected chi connectivity index (χ1v) is 7.35. The van der Waals surface area contributed by atoms with Gasteiger partial charge in [0, 0.05) is 22.6 Å². The lowest BCUT2D eigenvalue weighted by molar-refractivity contribution is 0.0632. The van der Waals surface area contributed by atoms with Gasteiger partial charge in [0.1, 0.15) is 0 Å². The van der Waals surface area contributed by atoms with Crippen molar-refractivity contribution < 1.29 is 4.74 Å². The van der Waals surface area contributed by atoms with E-state index in [0.717, 1.165) is 19.3 Å². The van der Waals surface area contributed by atoms with Crippen molar-refractivity contribution in [3.8, 4) is 11.8 Å². The lowest BCUT2D eigenvalue weighted by atomic mass is 10.1. The normalized spacial score (nSPS) is 25.7. The van der Waals surface area contributed by atoms with Gasteiger partial charge in [-0.25, -0.2) is 0 Å². The van der Waals surface area contributed by atoms with Crippen molar-refractivity contribution in [2.45, 2.75) is 36.4 Å². The third-order valence-corrected chi connectivity index (χ3v) is 4.37. The highest BCUT2D eigenvalue weighted by atomic mass is 32.2. The van der Waals surface area contributed by atoms with Gasteiger partial charge in [-0.1, -0.05) is 54.0 Å². The smallest absolute Gasteiger partial charge is 0.0930 e. The maximum atomic E-state index is 6.06. The Morgan fingerprint density at radius 1 is 1.21 bits per heavy atom. The van der Waals surface area contributed by atoms with Crippen molar-refractivity contribution in [3.05, 3.63) is 53.5 Å². The van der Waals surface area contributed by atoms with E-state index in [4.69, 9.17) is 4.74 Å². The fourth-order valence-corrected chi connectivity index (χ4v) is 3.34. The molecule has 2 heterocycles. The summed E-state index contributed by atoms with van der Waals surface area (Å²) in [6.07, 6.45) is 5.02. The number of benzene rings is 1.